The fraction of sp³-hybridized carbons (Fsp3) is 0. The van der Waals surface area contributed by atoms with E-state index in [2.05, 4.69) is 20.9 Å². The van der Waals surface area contributed by atoms with Gasteiger partial charge in [-0.15, -0.1) is 0 Å². The van der Waals surface area contributed by atoms with Crippen LogP contribution in [0.2, 0.25) is 0 Å². The van der Waals surface area contributed by atoms with Crippen LogP contribution >= 0.6 is 27.3 Å². The molecule has 0 bridgehead atoms. The first-order chi connectivity index (χ1) is 6.25. The number of H-pyrrole nitrogens is 1. The minimum Gasteiger partial charge on any atom is -0.312 e. The van der Waals surface area contributed by atoms with Crippen LogP contribution in [0.25, 0.3) is 11.3 Å². The minimum atomic E-state index is -0.0158. The zero-order valence-electron chi connectivity index (χ0n) is 6.58. The summed E-state index contributed by atoms with van der Waals surface area (Å²) in [6.07, 6.45) is 0. The van der Waals surface area contributed by atoms with Crippen molar-refractivity contribution in [2.24, 2.45) is 0 Å². The minimum absolute atomic E-state index is 0.0158. The van der Waals surface area contributed by atoms with Crippen LogP contribution in [0.15, 0.2) is 38.9 Å². The van der Waals surface area contributed by atoms with Gasteiger partial charge in [0.25, 0.3) is 0 Å². The molecule has 0 saturated carbocycles. The number of thiazole rings is 1. The van der Waals surface area contributed by atoms with Gasteiger partial charge >= 0.3 is 4.87 Å². The zero-order valence-corrected chi connectivity index (χ0v) is 8.98. The van der Waals surface area contributed by atoms with Crippen LogP contribution in [-0.2, 0) is 0 Å². The molecule has 66 valence electrons. The molecule has 1 aromatic carbocycles. The fourth-order valence-corrected chi connectivity index (χ4v) is 1.90. The van der Waals surface area contributed by atoms with Crippen LogP contribution in [0.3, 0.4) is 0 Å². The maximum Gasteiger partial charge on any atom is 0.304 e. The zero-order chi connectivity index (χ0) is 9.26. The average Bonchev–Trinajstić information content (AvgIpc) is 2.53. The lowest BCUT2D eigenvalue weighted by atomic mass is 10.2. The molecule has 2 rings (SSSR count). The Balaban J connectivity index is 2.47. The molecule has 0 spiro atoms. The first-order valence-electron chi connectivity index (χ1n) is 3.69. The predicted molar refractivity (Wildman–Crippen MR) is 58.1 cm³/mol. The summed E-state index contributed by atoms with van der Waals surface area (Å²) in [7, 11) is 0. The van der Waals surface area contributed by atoms with Crippen LogP contribution in [0.5, 0.6) is 0 Å². The van der Waals surface area contributed by atoms with E-state index in [-0.39, 0.29) is 4.87 Å². The Bertz CT molecular complexity index is 457. The number of hydrogen-bond acceptors (Lipinski definition) is 2. The molecule has 0 amide bonds. The number of hydrogen-bond donors (Lipinski definition) is 1. The summed E-state index contributed by atoms with van der Waals surface area (Å²) in [5.74, 6) is 0. The second kappa shape index (κ2) is 3.47. The Morgan fingerprint density at radius 2 is 1.92 bits per heavy atom. The van der Waals surface area contributed by atoms with Gasteiger partial charge in [0.05, 0.1) is 5.69 Å². The Morgan fingerprint density at radius 1 is 1.23 bits per heavy atom. The van der Waals surface area contributed by atoms with E-state index in [1.165, 1.54) is 11.3 Å². The van der Waals surface area contributed by atoms with E-state index in [1.807, 2.05) is 29.6 Å². The standard InChI is InChI=1S/C9H6BrNOS/c10-7-3-1-6(2-4-7)8-5-13-9(12)11-8/h1-5H,(H,11,12). The summed E-state index contributed by atoms with van der Waals surface area (Å²) in [5.41, 5.74) is 1.91. The highest BCUT2D eigenvalue weighted by Crippen LogP contribution is 2.19. The van der Waals surface area contributed by atoms with Crippen molar-refractivity contribution in [1.29, 1.82) is 0 Å². The molecule has 0 aliphatic heterocycles. The van der Waals surface area contributed by atoms with E-state index >= 15 is 0 Å². The van der Waals surface area contributed by atoms with Crippen molar-refractivity contribution in [3.63, 3.8) is 0 Å². The molecule has 13 heavy (non-hydrogen) atoms. The van der Waals surface area contributed by atoms with Crippen molar-refractivity contribution in [3.8, 4) is 11.3 Å². The number of aromatic nitrogens is 1. The molecule has 0 atom stereocenters. The molecule has 1 aromatic heterocycles. The molecule has 1 heterocycles. The summed E-state index contributed by atoms with van der Waals surface area (Å²) in [6, 6.07) is 7.82. The topological polar surface area (TPSA) is 32.9 Å². The van der Waals surface area contributed by atoms with Crippen LogP contribution in [0.1, 0.15) is 0 Å². The van der Waals surface area contributed by atoms with Gasteiger partial charge in [-0.1, -0.05) is 39.4 Å². The van der Waals surface area contributed by atoms with Crippen molar-refractivity contribution in [3.05, 3.63) is 43.8 Å². The number of aromatic amines is 1. The number of nitrogens with one attached hydrogen (secondary N) is 1. The van der Waals surface area contributed by atoms with E-state index in [9.17, 15) is 4.79 Å². The highest BCUT2D eigenvalue weighted by atomic mass is 79.9. The first kappa shape index (κ1) is 8.72. The van der Waals surface area contributed by atoms with Crippen LogP contribution < -0.4 is 4.87 Å². The SMILES string of the molecule is O=c1[nH]c(-c2ccc(Br)cc2)cs1. The highest BCUT2D eigenvalue weighted by molar-refractivity contribution is 9.10. The average molecular weight is 256 g/mol. The number of halogens is 1. The molecule has 0 saturated heterocycles. The third-order valence-electron chi connectivity index (χ3n) is 1.68. The van der Waals surface area contributed by atoms with E-state index in [0.717, 1.165) is 15.7 Å². The third-order valence-corrected chi connectivity index (χ3v) is 2.87. The van der Waals surface area contributed by atoms with Gasteiger partial charge in [-0.25, -0.2) is 0 Å². The van der Waals surface area contributed by atoms with Gasteiger partial charge in [-0.05, 0) is 17.7 Å². The lowest BCUT2D eigenvalue weighted by molar-refractivity contribution is 1.34. The summed E-state index contributed by atoms with van der Waals surface area (Å²) in [4.78, 5) is 13.6. The quantitative estimate of drug-likeness (QED) is 0.836. The van der Waals surface area contributed by atoms with Crippen LogP contribution in [-0.4, -0.2) is 4.98 Å². The van der Waals surface area contributed by atoms with Crippen molar-refractivity contribution in [2.75, 3.05) is 0 Å². The lowest BCUT2D eigenvalue weighted by Crippen LogP contribution is -1.91. The maximum atomic E-state index is 10.9. The van der Waals surface area contributed by atoms with Crippen molar-refractivity contribution in [2.45, 2.75) is 0 Å². The van der Waals surface area contributed by atoms with Gasteiger partial charge in [-0.2, -0.15) is 0 Å². The van der Waals surface area contributed by atoms with E-state index in [1.54, 1.807) is 0 Å². The monoisotopic (exact) mass is 255 g/mol. The summed E-state index contributed by atoms with van der Waals surface area (Å²) >= 11 is 4.53. The van der Waals surface area contributed by atoms with Crippen molar-refractivity contribution >= 4 is 27.3 Å². The molecule has 0 fully saturated rings. The molecule has 0 radical (unpaired) electrons. The van der Waals surface area contributed by atoms with Gasteiger partial charge in [0.1, 0.15) is 0 Å². The summed E-state index contributed by atoms with van der Waals surface area (Å²) in [5, 5.41) is 1.82. The smallest absolute Gasteiger partial charge is 0.304 e. The highest BCUT2D eigenvalue weighted by Gasteiger charge is 1.99. The lowest BCUT2D eigenvalue weighted by Gasteiger charge is -1.95. The van der Waals surface area contributed by atoms with E-state index < -0.39 is 0 Å². The first-order valence-corrected chi connectivity index (χ1v) is 5.37. The molecule has 2 nitrogen and oxygen atoms in total. The molecular weight excluding hydrogens is 250 g/mol. The summed E-state index contributed by atoms with van der Waals surface area (Å²) < 4.78 is 1.04. The predicted octanol–water partition coefficient (Wildman–Crippen LogP) is 2.87. The van der Waals surface area contributed by atoms with Crippen molar-refractivity contribution < 1.29 is 0 Å². The Morgan fingerprint density at radius 3 is 2.46 bits per heavy atom. The van der Waals surface area contributed by atoms with Gasteiger partial charge in [0.15, 0.2) is 0 Å². The van der Waals surface area contributed by atoms with Crippen molar-refractivity contribution in [1.82, 2.24) is 4.98 Å². The fourth-order valence-electron chi connectivity index (χ4n) is 1.05. The van der Waals surface area contributed by atoms with Crippen LogP contribution in [0, 0.1) is 0 Å². The molecule has 0 unspecified atom stereocenters. The van der Waals surface area contributed by atoms with E-state index in [4.69, 9.17) is 0 Å². The molecule has 2 aromatic rings. The Hall–Kier alpha value is -0.870. The normalized spacial score (nSPS) is 10.2. The van der Waals surface area contributed by atoms with Crippen LogP contribution in [0.4, 0.5) is 0 Å². The molecule has 1 N–H and O–H groups in total. The third kappa shape index (κ3) is 1.89. The van der Waals surface area contributed by atoms with E-state index in [0.29, 0.717) is 0 Å². The molecular formula is C9H6BrNOS. The second-order valence-corrected chi connectivity index (χ2v) is 4.33. The van der Waals surface area contributed by atoms with Gasteiger partial charge in [0.2, 0.25) is 0 Å². The summed E-state index contributed by atoms with van der Waals surface area (Å²) in [6.45, 7) is 0. The number of benzene rings is 1. The molecule has 4 heteroatoms. The molecule has 0 aliphatic rings. The Labute approximate surface area is 87.4 Å². The number of rotatable bonds is 1. The molecule has 0 aliphatic carbocycles. The Kier molecular flexibility index (Phi) is 2.33. The largest absolute Gasteiger partial charge is 0.312 e. The van der Waals surface area contributed by atoms with Gasteiger partial charge < -0.3 is 4.98 Å². The van der Waals surface area contributed by atoms with Gasteiger partial charge in [-0.3, -0.25) is 4.79 Å². The van der Waals surface area contributed by atoms with Gasteiger partial charge in [0, 0.05) is 9.85 Å². The maximum absolute atomic E-state index is 10.9. The second-order valence-electron chi connectivity index (χ2n) is 2.57.